The van der Waals surface area contributed by atoms with E-state index in [-0.39, 0.29) is 30.2 Å². The van der Waals surface area contributed by atoms with Gasteiger partial charge in [0, 0.05) is 0 Å². The van der Waals surface area contributed by atoms with Crippen molar-refractivity contribution >= 4 is 3.21 Å². The number of hydrogen-bond donors (Lipinski definition) is 0. The van der Waals surface area contributed by atoms with Crippen LogP contribution in [0, 0.1) is 52.9 Å². The summed E-state index contributed by atoms with van der Waals surface area (Å²) in [7, 11) is 0. The van der Waals surface area contributed by atoms with E-state index in [0.29, 0.717) is 9.54 Å². The fourth-order valence-corrected chi connectivity index (χ4v) is 16.9. The molecular weight excluding hydrogens is 679 g/mol. The zero-order valence-corrected chi connectivity index (χ0v) is 33.2. The predicted molar refractivity (Wildman–Crippen MR) is 188 cm³/mol. The number of hydrogen-bond acceptors (Lipinski definition) is 0. The van der Waals surface area contributed by atoms with Crippen LogP contribution in [-0.4, -0.2) is 3.21 Å². The minimum atomic E-state index is -2.83. The topological polar surface area (TPSA) is 0 Å². The fourth-order valence-electron chi connectivity index (χ4n) is 7.18. The number of fused-ring (bicyclic) bond motifs is 3. The van der Waals surface area contributed by atoms with Gasteiger partial charge in [0.2, 0.25) is 0 Å². The smallest absolute Gasteiger partial charge is 1.00 e. The molecule has 0 fully saturated rings. The molecule has 238 valence electrons. The van der Waals surface area contributed by atoms with Crippen LogP contribution in [0.1, 0.15) is 93.4 Å². The second-order valence-electron chi connectivity index (χ2n) is 14.5. The molecule has 0 nitrogen and oxygen atoms in total. The zero-order valence-electron chi connectivity index (χ0n) is 29.2. The maximum Gasteiger partial charge on any atom is -1.00 e. The molecule has 0 spiro atoms. The molecule has 0 saturated carbocycles. The summed E-state index contributed by atoms with van der Waals surface area (Å²) in [6.45, 7) is 23.2. The van der Waals surface area contributed by atoms with Gasteiger partial charge in [0.15, 0.2) is 0 Å². The summed E-state index contributed by atoms with van der Waals surface area (Å²) in [6, 6.07) is 29.1. The van der Waals surface area contributed by atoms with Crippen molar-refractivity contribution < 1.29 is 46.1 Å². The molecule has 0 amide bonds. The van der Waals surface area contributed by atoms with E-state index in [4.69, 9.17) is 0 Å². The predicted octanol–water partition coefficient (Wildman–Crippen LogP) is 5.40. The van der Waals surface area contributed by atoms with Crippen molar-refractivity contribution in [2.24, 2.45) is 11.3 Å². The Morgan fingerprint density at radius 2 is 1.04 bits per heavy atom. The molecule has 1 unspecified atom stereocenters. The molecule has 4 aromatic carbocycles. The maximum atomic E-state index is 2.69. The summed E-state index contributed by atoms with van der Waals surface area (Å²) >= 11 is -2.83. The Balaban J connectivity index is 0.00000240. The molecule has 2 aliphatic carbocycles. The van der Waals surface area contributed by atoms with Crippen LogP contribution >= 0.6 is 0 Å². The van der Waals surface area contributed by atoms with Crippen molar-refractivity contribution in [3.8, 4) is 11.1 Å². The number of benzene rings is 4. The SMILES string of the molecule is CCC1C=C(C(C)(C)C)C=[C]1[Zr+2](=[C](c1ccc(C)cc1)c1ccc(C)cc1)[CH]1c2cc(C)c(C)cc2-c2cc(C)c(C)cc21.[Cl-].[Cl-]. The fraction of sp³-hybridized carbons (Fsp3) is 0.326. The Bertz CT molecular complexity index is 1760. The number of allylic oxidation sites excluding steroid dienone is 4. The Hall–Kier alpha value is -2.31. The van der Waals surface area contributed by atoms with Crippen molar-refractivity contribution in [3.05, 3.63) is 149 Å². The molecule has 46 heavy (non-hydrogen) atoms. The van der Waals surface area contributed by atoms with Crippen LogP contribution in [0.4, 0.5) is 0 Å². The maximum absolute atomic E-state index is 2.83. The standard InChI is InChI=1S/C17H17.C15H14.C11H17.2ClH.Zr/c1-10-5-14-9-15-6-11(2)13(4)8-17(15)16(14)7-12(10)3;1-12-3-7-14(8-4-12)11-15-9-5-13(2)6-10-15;1-5-9-6-7-10(8-9)11(2,3)4;;;/h5-9H,1-4H3;3-10H,1-2H3;7-9H,5H2,1-4H3;2*1H;/q;;;;;+2/p-2. The average Bonchev–Trinajstić information content (AvgIpc) is 3.53. The second kappa shape index (κ2) is 14.0. The van der Waals surface area contributed by atoms with Crippen molar-refractivity contribution in [2.45, 2.75) is 79.3 Å². The van der Waals surface area contributed by atoms with Crippen LogP contribution in [-0.2, 0) is 21.3 Å². The molecule has 0 heterocycles. The first kappa shape index (κ1) is 36.5. The Morgan fingerprint density at radius 3 is 1.43 bits per heavy atom. The number of rotatable bonds is 5. The third-order valence-corrected chi connectivity index (χ3v) is 18.7. The summed E-state index contributed by atoms with van der Waals surface area (Å²) in [4.78, 5) is 0. The van der Waals surface area contributed by atoms with E-state index in [0.717, 1.165) is 6.42 Å². The van der Waals surface area contributed by atoms with Crippen molar-refractivity contribution in [2.75, 3.05) is 0 Å². The molecule has 3 heteroatoms. The van der Waals surface area contributed by atoms with Crippen LogP contribution in [0.5, 0.6) is 0 Å². The summed E-state index contributed by atoms with van der Waals surface area (Å²) in [5.41, 5.74) is 18.8. The molecule has 0 N–H and O–H groups in total. The largest absolute Gasteiger partial charge is 1.00 e. The number of halogens is 2. The van der Waals surface area contributed by atoms with Gasteiger partial charge in [-0.15, -0.1) is 0 Å². The minimum Gasteiger partial charge on any atom is -1.00 e. The zero-order chi connectivity index (χ0) is 31.5. The van der Waals surface area contributed by atoms with Gasteiger partial charge in [0.05, 0.1) is 0 Å². The van der Waals surface area contributed by atoms with E-state index in [1.807, 2.05) is 0 Å². The molecule has 1 atom stereocenters. The quantitative estimate of drug-likeness (QED) is 0.259. The van der Waals surface area contributed by atoms with Gasteiger partial charge >= 0.3 is 276 Å². The summed E-state index contributed by atoms with van der Waals surface area (Å²) < 4.78 is 3.82. The van der Waals surface area contributed by atoms with E-state index in [2.05, 4.69) is 154 Å². The van der Waals surface area contributed by atoms with Gasteiger partial charge in [-0.2, -0.15) is 0 Å². The average molecular weight is 727 g/mol. The van der Waals surface area contributed by atoms with E-state index in [1.165, 1.54) is 61.2 Å². The van der Waals surface area contributed by atoms with Gasteiger partial charge < -0.3 is 24.8 Å². The molecule has 0 saturated heterocycles. The van der Waals surface area contributed by atoms with Crippen LogP contribution in [0.15, 0.2) is 93.8 Å². The van der Waals surface area contributed by atoms with Gasteiger partial charge in [-0.3, -0.25) is 0 Å². The minimum absolute atomic E-state index is 0. The molecule has 0 aromatic heterocycles. The molecule has 6 rings (SSSR count). The van der Waals surface area contributed by atoms with Gasteiger partial charge in [-0.25, -0.2) is 0 Å². The molecule has 4 aromatic rings. The Kier molecular flexibility index (Phi) is 11.2. The van der Waals surface area contributed by atoms with Crippen LogP contribution in [0.25, 0.3) is 11.1 Å². The van der Waals surface area contributed by atoms with Crippen LogP contribution in [0.3, 0.4) is 0 Å². The van der Waals surface area contributed by atoms with E-state index >= 15 is 0 Å². The summed E-state index contributed by atoms with van der Waals surface area (Å²) in [5.74, 6) is 0.495. The van der Waals surface area contributed by atoms with Crippen LogP contribution < -0.4 is 24.8 Å². The van der Waals surface area contributed by atoms with Crippen LogP contribution in [0.2, 0.25) is 0 Å². The van der Waals surface area contributed by atoms with Gasteiger partial charge in [0.1, 0.15) is 0 Å². The monoisotopic (exact) mass is 724 g/mol. The summed E-state index contributed by atoms with van der Waals surface area (Å²) in [5, 5.41) is 0. The van der Waals surface area contributed by atoms with E-state index in [9.17, 15) is 0 Å². The molecular formula is C43H48Cl2Zr. The molecule has 0 radical (unpaired) electrons. The first-order chi connectivity index (χ1) is 20.9. The third kappa shape index (κ3) is 6.68. The normalized spacial score (nSPS) is 15.1. The first-order valence-electron chi connectivity index (χ1n) is 16.4. The van der Waals surface area contributed by atoms with E-state index in [1.54, 1.807) is 17.6 Å². The molecule has 0 aliphatic heterocycles. The summed E-state index contributed by atoms with van der Waals surface area (Å²) in [6.07, 6.45) is 6.47. The van der Waals surface area contributed by atoms with Crippen molar-refractivity contribution in [1.82, 2.24) is 0 Å². The number of aryl methyl sites for hydroxylation is 6. The molecule has 2 aliphatic rings. The first-order valence-corrected chi connectivity index (χ1v) is 20.3. The Morgan fingerprint density at radius 1 is 0.630 bits per heavy atom. The third-order valence-electron chi connectivity index (χ3n) is 10.2. The van der Waals surface area contributed by atoms with Gasteiger partial charge in [0.25, 0.3) is 0 Å². The van der Waals surface area contributed by atoms with E-state index < -0.39 is 21.3 Å². The van der Waals surface area contributed by atoms with Gasteiger partial charge in [-0.1, -0.05) is 0 Å². The van der Waals surface area contributed by atoms with Crippen molar-refractivity contribution in [1.29, 1.82) is 0 Å². The Labute approximate surface area is 298 Å². The van der Waals surface area contributed by atoms with Crippen molar-refractivity contribution in [3.63, 3.8) is 0 Å². The van der Waals surface area contributed by atoms with Gasteiger partial charge in [-0.05, 0) is 0 Å². The molecule has 0 bridgehead atoms. The second-order valence-corrected chi connectivity index (χ2v) is 20.6.